The Morgan fingerprint density at radius 1 is 1.38 bits per heavy atom. The molecular formula is C20H30O. The number of hydrogen-bond acceptors (Lipinski definition) is 1. The van der Waals surface area contributed by atoms with Crippen molar-refractivity contribution >= 4 is 6.29 Å². The second-order valence-corrected chi connectivity index (χ2v) is 7.67. The highest BCUT2D eigenvalue weighted by atomic mass is 16.1. The molecule has 2 aliphatic carbocycles. The summed E-state index contributed by atoms with van der Waals surface area (Å²) in [7, 11) is 0. The van der Waals surface area contributed by atoms with E-state index in [0.717, 1.165) is 32.1 Å². The lowest BCUT2D eigenvalue weighted by Gasteiger charge is -2.57. The fourth-order valence-electron chi connectivity index (χ4n) is 4.96. The van der Waals surface area contributed by atoms with Crippen LogP contribution in [0, 0.1) is 22.7 Å². The van der Waals surface area contributed by atoms with Crippen molar-refractivity contribution in [3.63, 3.8) is 0 Å². The Balaban J connectivity index is 2.33. The number of rotatable bonds is 4. The van der Waals surface area contributed by atoms with E-state index in [9.17, 15) is 4.79 Å². The third kappa shape index (κ3) is 2.80. The fourth-order valence-corrected chi connectivity index (χ4v) is 4.96. The van der Waals surface area contributed by atoms with Gasteiger partial charge in [-0.2, -0.15) is 0 Å². The van der Waals surface area contributed by atoms with Crippen LogP contribution >= 0.6 is 0 Å². The average molecular weight is 286 g/mol. The summed E-state index contributed by atoms with van der Waals surface area (Å²) in [6, 6.07) is 0. The maximum absolute atomic E-state index is 11.7. The Morgan fingerprint density at radius 2 is 2.10 bits per heavy atom. The Labute approximate surface area is 130 Å². The third-order valence-corrected chi connectivity index (χ3v) is 6.33. The quantitative estimate of drug-likeness (QED) is 0.379. The lowest BCUT2D eigenvalue weighted by atomic mass is 9.47. The van der Waals surface area contributed by atoms with Crippen LogP contribution in [-0.2, 0) is 4.79 Å². The van der Waals surface area contributed by atoms with Crippen molar-refractivity contribution in [1.82, 2.24) is 0 Å². The van der Waals surface area contributed by atoms with Gasteiger partial charge in [-0.1, -0.05) is 56.7 Å². The second-order valence-electron chi connectivity index (χ2n) is 7.67. The highest BCUT2D eigenvalue weighted by molar-refractivity contribution is 5.60. The van der Waals surface area contributed by atoms with Crippen molar-refractivity contribution in [2.45, 2.75) is 59.3 Å². The van der Waals surface area contributed by atoms with Crippen LogP contribution in [0.2, 0.25) is 0 Å². The van der Waals surface area contributed by atoms with Gasteiger partial charge in [0.05, 0.1) is 0 Å². The third-order valence-electron chi connectivity index (χ3n) is 6.33. The first-order valence-corrected chi connectivity index (χ1v) is 8.30. The van der Waals surface area contributed by atoms with Crippen LogP contribution in [0.4, 0.5) is 0 Å². The molecule has 0 aliphatic heterocycles. The molecule has 0 N–H and O–H groups in total. The Morgan fingerprint density at radius 3 is 2.71 bits per heavy atom. The van der Waals surface area contributed by atoms with E-state index in [0.29, 0.717) is 11.8 Å². The number of aldehydes is 1. The molecule has 0 aromatic heterocycles. The zero-order chi connectivity index (χ0) is 15.7. The van der Waals surface area contributed by atoms with Gasteiger partial charge in [-0.05, 0) is 56.3 Å². The Hall–Kier alpha value is -1.11. The average Bonchev–Trinajstić information content (AvgIpc) is 2.45. The van der Waals surface area contributed by atoms with Crippen LogP contribution in [0.1, 0.15) is 59.3 Å². The van der Waals surface area contributed by atoms with E-state index in [1.165, 1.54) is 23.9 Å². The fraction of sp³-hybridized carbons (Fsp3) is 0.650. The van der Waals surface area contributed by atoms with Gasteiger partial charge in [0.1, 0.15) is 6.29 Å². The van der Waals surface area contributed by atoms with Crippen LogP contribution in [-0.4, -0.2) is 6.29 Å². The summed E-state index contributed by atoms with van der Waals surface area (Å²) in [4.78, 5) is 11.7. The molecule has 0 unspecified atom stereocenters. The first kappa shape index (κ1) is 16.3. The molecule has 0 saturated heterocycles. The second kappa shape index (κ2) is 5.94. The molecule has 2 fully saturated rings. The number of carbonyl (C=O) groups excluding carboxylic acids is 1. The molecule has 0 aromatic carbocycles. The van der Waals surface area contributed by atoms with E-state index < -0.39 is 0 Å². The van der Waals surface area contributed by atoms with Crippen molar-refractivity contribution < 1.29 is 4.79 Å². The molecule has 2 rings (SSSR count). The van der Waals surface area contributed by atoms with Crippen LogP contribution in [0.5, 0.6) is 0 Å². The van der Waals surface area contributed by atoms with Gasteiger partial charge in [-0.15, -0.1) is 0 Å². The van der Waals surface area contributed by atoms with Crippen LogP contribution in [0.3, 0.4) is 0 Å². The molecule has 0 spiro atoms. The van der Waals surface area contributed by atoms with Gasteiger partial charge >= 0.3 is 0 Å². The van der Waals surface area contributed by atoms with E-state index >= 15 is 0 Å². The van der Waals surface area contributed by atoms with Gasteiger partial charge in [0.15, 0.2) is 0 Å². The van der Waals surface area contributed by atoms with Gasteiger partial charge in [0, 0.05) is 5.41 Å². The molecule has 2 saturated carbocycles. The summed E-state index contributed by atoms with van der Waals surface area (Å²) in [5.74, 6) is 1.01. The SMILES string of the molecule is C=C/C(C)=C\C[C@H]1C(=C)CC[C@@H]2[C@]1(C)CCC[C@]2(C)C=O. The van der Waals surface area contributed by atoms with E-state index in [2.05, 4.69) is 40.0 Å². The molecular weight excluding hydrogens is 256 g/mol. The number of carbonyl (C=O) groups is 1. The Kier molecular flexibility index (Phi) is 4.60. The van der Waals surface area contributed by atoms with Crippen molar-refractivity contribution in [1.29, 1.82) is 0 Å². The van der Waals surface area contributed by atoms with Gasteiger partial charge < -0.3 is 4.79 Å². The summed E-state index contributed by atoms with van der Waals surface area (Å²) in [5.41, 5.74) is 2.71. The zero-order valence-electron chi connectivity index (χ0n) is 14.0. The summed E-state index contributed by atoms with van der Waals surface area (Å²) in [5, 5.41) is 0. The van der Waals surface area contributed by atoms with Gasteiger partial charge in [-0.3, -0.25) is 0 Å². The lowest BCUT2D eigenvalue weighted by molar-refractivity contribution is -0.130. The predicted octanol–water partition coefficient (Wildman–Crippen LogP) is 5.49. The van der Waals surface area contributed by atoms with Crippen molar-refractivity contribution in [3.8, 4) is 0 Å². The highest BCUT2D eigenvalue weighted by Crippen LogP contribution is 2.61. The molecule has 0 radical (unpaired) electrons. The molecule has 21 heavy (non-hydrogen) atoms. The van der Waals surface area contributed by atoms with E-state index in [1.807, 2.05) is 6.08 Å². The number of hydrogen-bond donors (Lipinski definition) is 0. The highest BCUT2D eigenvalue weighted by Gasteiger charge is 2.54. The first-order valence-electron chi connectivity index (χ1n) is 8.30. The van der Waals surface area contributed by atoms with E-state index in [4.69, 9.17) is 0 Å². The minimum Gasteiger partial charge on any atom is -0.303 e. The number of allylic oxidation sites excluding steroid dienone is 4. The number of fused-ring (bicyclic) bond motifs is 1. The van der Waals surface area contributed by atoms with Crippen molar-refractivity contribution in [3.05, 3.63) is 36.5 Å². The standard InChI is InChI=1S/C20H30O/c1-6-15(2)8-10-17-16(3)9-11-18-19(4,14-21)12-7-13-20(17,18)5/h6,8,14,17-18H,1,3,7,9-13H2,2,4-5H3/b15-8-/t17-,18-,19+,20+/m0/s1. The molecule has 0 bridgehead atoms. The summed E-state index contributed by atoms with van der Waals surface area (Å²) in [6.07, 6.45) is 12.1. The molecule has 1 nitrogen and oxygen atoms in total. The van der Waals surface area contributed by atoms with Gasteiger partial charge in [0.2, 0.25) is 0 Å². The topological polar surface area (TPSA) is 17.1 Å². The Bertz CT molecular complexity index is 472. The molecule has 0 amide bonds. The minimum absolute atomic E-state index is 0.136. The van der Waals surface area contributed by atoms with Crippen LogP contribution in [0.15, 0.2) is 36.5 Å². The lowest BCUT2D eigenvalue weighted by Crippen LogP contribution is -2.51. The van der Waals surface area contributed by atoms with E-state index in [-0.39, 0.29) is 10.8 Å². The molecule has 0 aromatic rings. The first-order chi connectivity index (χ1) is 9.87. The predicted molar refractivity (Wildman–Crippen MR) is 90.1 cm³/mol. The normalized spacial score (nSPS) is 40.5. The maximum atomic E-state index is 11.7. The van der Waals surface area contributed by atoms with Crippen LogP contribution < -0.4 is 0 Å². The minimum atomic E-state index is -0.136. The molecule has 116 valence electrons. The smallest absolute Gasteiger partial charge is 0.126 e. The van der Waals surface area contributed by atoms with E-state index in [1.54, 1.807) is 0 Å². The van der Waals surface area contributed by atoms with Crippen molar-refractivity contribution in [2.75, 3.05) is 0 Å². The van der Waals surface area contributed by atoms with Crippen LogP contribution in [0.25, 0.3) is 0 Å². The molecule has 4 atom stereocenters. The summed E-state index contributed by atoms with van der Waals surface area (Å²) in [6.45, 7) is 14.9. The summed E-state index contributed by atoms with van der Waals surface area (Å²) >= 11 is 0. The largest absolute Gasteiger partial charge is 0.303 e. The maximum Gasteiger partial charge on any atom is 0.126 e. The molecule has 0 heterocycles. The monoisotopic (exact) mass is 286 g/mol. The molecule has 1 heteroatoms. The van der Waals surface area contributed by atoms with Crippen molar-refractivity contribution in [2.24, 2.45) is 22.7 Å². The zero-order valence-corrected chi connectivity index (χ0v) is 14.0. The summed E-state index contributed by atoms with van der Waals surface area (Å²) < 4.78 is 0. The van der Waals surface area contributed by atoms with Gasteiger partial charge in [-0.25, -0.2) is 0 Å². The molecule has 2 aliphatic rings. The van der Waals surface area contributed by atoms with Gasteiger partial charge in [0.25, 0.3) is 0 Å².